The molecule has 1 atom stereocenters. The van der Waals surface area contributed by atoms with Crippen LogP contribution in [0.3, 0.4) is 0 Å². The van der Waals surface area contributed by atoms with Gasteiger partial charge in [-0.25, -0.2) is 4.79 Å². The van der Waals surface area contributed by atoms with Gasteiger partial charge >= 0.3 is 5.97 Å². The van der Waals surface area contributed by atoms with Crippen LogP contribution in [0.25, 0.3) is 0 Å². The smallest absolute Gasteiger partial charge is 0.338 e. The number of hydrogen-bond acceptors (Lipinski definition) is 4. The maximum Gasteiger partial charge on any atom is 0.338 e. The Hall–Kier alpha value is -2.82. The van der Waals surface area contributed by atoms with E-state index in [1.54, 1.807) is 42.5 Å². The Balaban J connectivity index is 2.01. The van der Waals surface area contributed by atoms with Crippen LogP contribution in [0, 0.1) is 6.92 Å². The largest absolute Gasteiger partial charge is 0.495 e. The van der Waals surface area contributed by atoms with E-state index in [0.29, 0.717) is 17.0 Å². The monoisotopic (exact) mass is 313 g/mol. The van der Waals surface area contributed by atoms with E-state index >= 15 is 0 Å². The molecule has 1 N–H and O–H groups in total. The fourth-order valence-electron chi connectivity index (χ4n) is 2.04. The molecule has 0 saturated heterocycles. The molecule has 0 aliphatic rings. The van der Waals surface area contributed by atoms with Gasteiger partial charge in [0.15, 0.2) is 6.10 Å². The molecule has 5 heteroatoms. The molecule has 1 amide bonds. The summed E-state index contributed by atoms with van der Waals surface area (Å²) < 4.78 is 10.4. The Labute approximate surface area is 135 Å². The highest BCUT2D eigenvalue weighted by atomic mass is 16.5. The molecule has 0 unspecified atom stereocenters. The van der Waals surface area contributed by atoms with Crippen molar-refractivity contribution >= 4 is 17.6 Å². The lowest BCUT2D eigenvalue weighted by molar-refractivity contribution is -0.123. The first-order valence-electron chi connectivity index (χ1n) is 7.23. The number of anilines is 1. The highest BCUT2D eigenvalue weighted by Crippen LogP contribution is 2.23. The van der Waals surface area contributed by atoms with Gasteiger partial charge in [-0.2, -0.15) is 0 Å². The second kappa shape index (κ2) is 7.45. The van der Waals surface area contributed by atoms with E-state index < -0.39 is 18.0 Å². The van der Waals surface area contributed by atoms with Gasteiger partial charge in [-0.15, -0.1) is 0 Å². The molecular weight excluding hydrogens is 294 g/mol. The zero-order valence-corrected chi connectivity index (χ0v) is 13.3. The van der Waals surface area contributed by atoms with Gasteiger partial charge in [-0.3, -0.25) is 4.79 Å². The summed E-state index contributed by atoms with van der Waals surface area (Å²) in [6, 6.07) is 14.1. The van der Waals surface area contributed by atoms with Crippen molar-refractivity contribution in [1.82, 2.24) is 0 Å². The lowest BCUT2D eigenvalue weighted by atomic mass is 10.1. The summed E-state index contributed by atoms with van der Waals surface area (Å²) in [5.41, 5.74) is 1.89. The molecule has 0 bridgehead atoms. The number of amides is 1. The summed E-state index contributed by atoms with van der Waals surface area (Å²) >= 11 is 0. The van der Waals surface area contributed by atoms with E-state index in [0.717, 1.165) is 5.56 Å². The third-order valence-electron chi connectivity index (χ3n) is 3.27. The zero-order chi connectivity index (χ0) is 16.8. The van der Waals surface area contributed by atoms with Crippen LogP contribution >= 0.6 is 0 Å². The number of esters is 1. The predicted molar refractivity (Wildman–Crippen MR) is 87.7 cm³/mol. The van der Waals surface area contributed by atoms with E-state index in [1.807, 2.05) is 13.0 Å². The number of rotatable bonds is 5. The first-order chi connectivity index (χ1) is 11.0. The molecule has 2 aromatic rings. The summed E-state index contributed by atoms with van der Waals surface area (Å²) in [5, 5.41) is 2.69. The van der Waals surface area contributed by atoms with Gasteiger partial charge in [0, 0.05) is 0 Å². The fraction of sp³-hybridized carbons (Fsp3) is 0.222. The third-order valence-corrected chi connectivity index (χ3v) is 3.27. The van der Waals surface area contributed by atoms with Crippen molar-refractivity contribution in [2.45, 2.75) is 20.0 Å². The van der Waals surface area contributed by atoms with Crippen LogP contribution in [0.4, 0.5) is 5.69 Å². The van der Waals surface area contributed by atoms with Crippen molar-refractivity contribution in [2.24, 2.45) is 0 Å². The summed E-state index contributed by atoms with van der Waals surface area (Å²) in [5.74, 6) is -0.412. The lowest BCUT2D eigenvalue weighted by Crippen LogP contribution is -2.30. The number of ether oxygens (including phenoxy) is 2. The standard InChI is InChI=1S/C18H19NO4/c1-12-7-6-8-14(11-12)18(21)23-13(2)17(20)19-15-9-4-5-10-16(15)22-3/h4-11,13H,1-3H3,(H,19,20)/t13-/m1/s1. The molecule has 0 heterocycles. The highest BCUT2D eigenvalue weighted by molar-refractivity contribution is 5.98. The fourth-order valence-corrected chi connectivity index (χ4v) is 2.04. The average molecular weight is 313 g/mol. The van der Waals surface area contributed by atoms with Crippen LogP contribution in [0.5, 0.6) is 5.75 Å². The van der Waals surface area contributed by atoms with Crippen LogP contribution in [0.15, 0.2) is 48.5 Å². The SMILES string of the molecule is COc1ccccc1NC(=O)[C@@H](C)OC(=O)c1cccc(C)c1. The van der Waals surface area contributed by atoms with Crippen molar-refractivity contribution in [3.8, 4) is 5.75 Å². The van der Waals surface area contributed by atoms with Crippen molar-refractivity contribution in [1.29, 1.82) is 0 Å². The quantitative estimate of drug-likeness (QED) is 0.861. The van der Waals surface area contributed by atoms with Crippen molar-refractivity contribution < 1.29 is 19.1 Å². The lowest BCUT2D eigenvalue weighted by Gasteiger charge is -2.15. The summed E-state index contributed by atoms with van der Waals surface area (Å²) in [6.45, 7) is 3.41. The molecule has 5 nitrogen and oxygen atoms in total. The molecule has 2 aromatic carbocycles. The van der Waals surface area contributed by atoms with Gasteiger partial charge in [-0.1, -0.05) is 29.8 Å². The molecule has 0 aliphatic carbocycles. The van der Waals surface area contributed by atoms with E-state index in [2.05, 4.69) is 5.32 Å². The minimum absolute atomic E-state index is 0.418. The molecule has 0 aliphatic heterocycles. The molecule has 2 rings (SSSR count). The van der Waals surface area contributed by atoms with Crippen molar-refractivity contribution in [2.75, 3.05) is 12.4 Å². The minimum atomic E-state index is -0.923. The summed E-state index contributed by atoms with van der Waals surface area (Å²) in [4.78, 5) is 24.2. The number of para-hydroxylation sites is 2. The van der Waals surface area contributed by atoms with Crippen LogP contribution in [0.2, 0.25) is 0 Å². The molecule has 0 saturated carbocycles. The molecule has 0 spiro atoms. The minimum Gasteiger partial charge on any atom is -0.495 e. The van der Waals surface area contributed by atoms with E-state index in [9.17, 15) is 9.59 Å². The Morgan fingerprint density at radius 3 is 2.52 bits per heavy atom. The van der Waals surface area contributed by atoms with E-state index in [1.165, 1.54) is 14.0 Å². The molecule has 120 valence electrons. The number of carbonyl (C=O) groups is 2. The number of benzene rings is 2. The first kappa shape index (κ1) is 16.5. The Kier molecular flexibility index (Phi) is 5.36. The van der Waals surface area contributed by atoms with Gasteiger partial charge in [0.05, 0.1) is 18.4 Å². The molecule has 0 radical (unpaired) electrons. The molecule has 23 heavy (non-hydrogen) atoms. The van der Waals surface area contributed by atoms with Gasteiger partial charge in [0.2, 0.25) is 0 Å². The van der Waals surface area contributed by atoms with Crippen LogP contribution < -0.4 is 10.1 Å². The topological polar surface area (TPSA) is 64.6 Å². The Morgan fingerprint density at radius 2 is 1.83 bits per heavy atom. The number of hydrogen-bond donors (Lipinski definition) is 1. The zero-order valence-electron chi connectivity index (χ0n) is 13.3. The van der Waals surface area contributed by atoms with E-state index in [4.69, 9.17) is 9.47 Å². The Morgan fingerprint density at radius 1 is 1.09 bits per heavy atom. The van der Waals surface area contributed by atoms with Gasteiger partial charge in [-0.05, 0) is 38.1 Å². The van der Waals surface area contributed by atoms with Crippen LogP contribution in [-0.4, -0.2) is 25.1 Å². The summed E-state index contributed by atoms with van der Waals surface area (Å²) in [7, 11) is 1.52. The Bertz CT molecular complexity index is 712. The molecular formula is C18H19NO4. The number of methoxy groups -OCH3 is 1. The average Bonchev–Trinajstić information content (AvgIpc) is 2.55. The van der Waals surface area contributed by atoms with Gasteiger partial charge < -0.3 is 14.8 Å². The molecule has 0 fully saturated rings. The van der Waals surface area contributed by atoms with Crippen LogP contribution in [-0.2, 0) is 9.53 Å². The number of carbonyl (C=O) groups excluding carboxylic acids is 2. The number of nitrogens with one attached hydrogen (secondary N) is 1. The second-order valence-electron chi connectivity index (χ2n) is 5.11. The molecule has 0 aromatic heterocycles. The summed E-state index contributed by atoms with van der Waals surface area (Å²) in [6.07, 6.45) is -0.923. The first-order valence-corrected chi connectivity index (χ1v) is 7.23. The van der Waals surface area contributed by atoms with Gasteiger partial charge in [0.25, 0.3) is 5.91 Å². The maximum atomic E-state index is 12.2. The normalized spacial score (nSPS) is 11.4. The highest BCUT2D eigenvalue weighted by Gasteiger charge is 2.20. The van der Waals surface area contributed by atoms with Crippen LogP contribution in [0.1, 0.15) is 22.8 Å². The third kappa shape index (κ3) is 4.32. The maximum absolute atomic E-state index is 12.2. The van der Waals surface area contributed by atoms with Gasteiger partial charge in [0.1, 0.15) is 5.75 Å². The predicted octanol–water partition coefficient (Wildman–Crippen LogP) is 3.19. The van der Waals surface area contributed by atoms with E-state index in [-0.39, 0.29) is 0 Å². The van der Waals surface area contributed by atoms with Crippen molar-refractivity contribution in [3.05, 3.63) is 59.7 Å². The number of aryl methyl sites for hydroxylation is 1. The van der Waals surface area contributed by atoms with Crippen molar-refractivity contribution in [3.63, 3.8) is 0 Å². The second-order valence-corrected chi connectivity index (χ2v) is 5.11.